The Bertz CT molecular complexity index is 274. The molecule has 0 saturated heterocycles. The van der Waals surface area contributed by atoms with E-state index in [1.165, 1.54) is 0 Å². The first kappa shape index (κ1) is 10.4. The molecule has 0 heterocycles. The summed E-state index contributed by atoms with van der Waals surface area (Å²) in [6.45, 7) is 1.60. The number of carbonyl (C=O) groups is 1. The van der Waals surface area contributed by atoms with Crippen molar-refractivity contribution in [3.63, 3.8) is 0 Å². The topological polar surface area (TPSA) is 26.3 Å². The van der Waals surface area contributed by atoms with E-state index in [1.54, 1.807) is 6.92 Å². The summed E-state index contributed by atoms with van der Waals surface area (Å²) >= 11 is 6.51. The maximum Gasteiger partial charge on any atom is 0.373 e. The fourth-order valence-corrected chi connectivity index (χ4v) is 1.55. The van der Waals surface area contributed by atoms with Crippen LogP contribution in [0.1, 0.15) is 6.92 Å². The molecule has 0 fully saturated rings. The van der Waals surface area contributed by atoms with Crippen molar-refractivity contribution in [1.82, 2.24) is 0 Å². The summed E-state index contributed by atoms with van der Waals surface area (Å²) in [5.74, 6) is 0. The molecule has 2 nitrogen and oxygen atoms in total. The normalized spacial score (nSPS) is 12.2. The van der Waals surface area contributed by atoms with Crippen LogP contribution in [0.25, 0.3) is 0 Å². The zero-order chi connectivity index (χ0) is 9.68. The Morgan fingerprint density at radius 2 is 2.08 bits per heavy atom. The minimum Gasteiger partial charge on any atom is -0.438 e. The molecule has 0 aromatic heterocycles. The lowest BCUT2D eigenvalue weighted by Gasteiger charge is -2.04. The lowest BCUT2D eigenvalue weighted by Crippen LogP contribution is -2.03. The van der Waals surface area contributed by atoms with Gasteiger partial charge in [-0.05, 0) is 30.8 Å². The zero-order valence-corrected chi connectivity index (χ0v) is 8.64. The van der Waals surface area contributed by atoms with Crippen LogP contribution in [0.2, 0.25) is 0 Å². The number of halogens is 1. The van der Waals surface area contributed by atoms with E-state index in [9.17, 15) is 4.79 Å². The Labute approximate surface area is 86.2 Å². The lowest BCUT2D eigenvalue weighted by molar-refractivity contribution is 0.168. The summed E-state index contributed by atoms with van der Waals surface area (Å²) in [6.07, 6.45) is 0. The standard InChI is InChI=1S/C9H9ClO2S/c1-7(10)12-9(11)13-8-5-3-2-4-6-8/h2-7H,1H3/t7-/m1/s1. The van der Waals surface area contributed by atoms with Crippen molar-refractivity contribution >= 4 is 28.7 Å². The fourth-order valence-electron chi connectivity index (χ4n) is 0.741. The van der Waals surface area contributed by atoms with Crippen LogP contribution in [-0.2, 0) is 4.74 Å². The molecule has 1 aromatic carbocycles. The highest BCUT2D eigenvalue weighted by Crippen LogP contribution is 2.20. The van der Waals surface area contributed by atoms with Crippen LogP contribution in [0.4, 0.5) is 4.79 Å². The smallest absolute Gasteiger partial charge is 0.373 e. The molecule has 0 aliphatic carbocycles. The van der Waals surface area contributed by atoms with E-state index in [0.29, 0.717) is 0 Å². The quantitative estimate of drug-likeness (QED) is 0.430. The minimum atomic E-state index is -0.580. The van der Waals surface area contributed by atoms with E-state index in [4.69, 9.17) is 16.3 Å². The van der Waals surface area contributed by atoms with Crippen LogP contribution in [-0.4, -0.2) is 10.9 Å². The number of ether oxygens (including phenoxy) is 1. The molecule has 0 bridgehead atoms. The van der Waals surface area contributed by atoms with E-state index >= 15 is 0 Å². The van der Waals surface area contributed by atoms with Crippen molar-refractivity contribution in [2.45, 2.75) is 17.4 Å². The van der Waals surface area contributed by atoms with Crippen molar-refractivity contribution in [3.8, 4) is 0 Å². The number of carbonyl (C=O) groups excluding carboxylic acids is 1. The Morgan fingerprint density at radius 1 is 1.46 bits per heavy atom. The summed E-state index contributed by atoms with van der Waals surface area (Å²) in [5.41, 5.74) is -0.580. The molecule has 0 spiro atoms. The van der Waals surface area contributed by atoms with Crippen LogP contribution >= 0.6 is 23.4 Å². The highest BCUT2D eigenvalue weighted by atomic mass is 35.5. The predicted molar refractivity (Wildman–Crippen MR) is 54.1 cm³/mol. The first-order valence-electron chi connectivity index (χ1n) is 3.76. The molecule has 0 unspecified atom stereocenters. The lowest BCUT2D eigenvalue weighted by atomic mass is 10.4. The molecular formula is C9H9ClO2S. The van der Waals surface area contributed by atoms with Gasteiger partial charge in [0.2, 0.25) is 0 Å². The van der Waals surface area contributed by atoms with Crippen molar-refractivity contribution < 1.29 is 9.53 Å². The van der Waals surface area contributed by atoms with Gasteiger partial charge in [0.1, 0.15) is 0 Å². The van der Waals surface area contributed by atoms with Crippen LogP contribution < -0.4 is 0 Å². The molecule has 1 atom stereocenters. The summed E-state index contributed by atoms with van der Waals surface area (Å²) in [5, 5.41) is -0.381. The summed E-state index contributed by atoms with van der Waals surface area (Å²) < 4.78 is 4.74. The Morgan fingerprint density at radius 3 is 2.62 bits per heavy atom. The Kier molecular flexibility index (Phi) is 4.12. The molecule has 1 aromatic rings. The van der Waals surface area contributed by atoms with Crippen molar-refractivity contribution in [3.05, 3.63) is 30.3 Å². The third kappa shape index (κ3) is 4.20. The average Bonchev–Trinajstić information content (AvgIpc) is 2.04. The molecular weight excluding hydrogens is 208 g/mol. The van der Waals surface area contributed by atoms with Crippen molar-refractivity contribution in [1.29, 1.82) is 0 Å². The number of hydrogen-bond donors (Lipinski definition) is 0. The maximum atomic E-state index is 11.1. The molecule has 0 aliphatic rings. The maximum absolute atomic E-state index is 11.1. The summed E-state index contributed by atoms with van der Waals surface area (Å²) in [6, 6.07) is 9.29. The highest BCUT2D eigenvalue weighted by Gasteiger charge is 2.07. The number of rotatable bonds is 2. The largest absolute Gasteiger partial charge is 0.438 e. The number of thioether (sulfide) groups is 1. The molecule has 0 N–H and O–H groups in total. The van der Waals surface area contributed by atoms with E-state index in [2.05, 4.69) is 0 Å². The average molecular weight is 217 g/mol. The molecule has 4 heteroatoms. The van der Waals surface area contributed by atoms with Gasteiger partial charge >= 0.3 is 5.30 Å². The number of hydrogen-bond acceptors (Lipinski definition) is 3. The van der Waals surface area contributed by atoms with Gasteiger partial charge in [-0.2, -0.15) is 0 Å². The van der Waals surface area contributed by atoms with Gasteiger partial charge in [0.05, 0.1) is 0 Å². The molecule has 70 valence electrons. The van der Waals surface area contributed by atoms with Gasteiger partial charge in [-0.25, -0.2) is 4.79 Å². The highest BCUT2D eigenvalue weighted by molar-refractivity contribution is 8.13. The van der Waals surface area contributed by atoms with Gasteiger partial charge in [-0.1, -0.05) is 29.8 Å². The third-order valence-electron chi connectivity index (χ3n) is 1.20. The SMILES string of the molecule is C[C@H](Cl)OC(=O)Sc1ccccc1. The second kappa shape index (κ2) is 5.14. The number of alkyl halides is 1. The van der Waals surface area contributed by atoms with Crippen LogP contribution in [0.15, 0.2) is 35.2 Å². The number of benzene rings is 1. The van der Waals surface area contributed by atoms with Crippen LogP contribution in [0, 0.1) is 0 Å². The summed E-state index contributed by atoms with van der Waals surface area (Å²) in [4.78, 5) is 11.9. The molecule has 0 amide bonds. The van der Waals surface area contributed by atoms with Crippen molar-refractivity contribution in [2.24, 2.45) is 0 Å². The molecule has 13 heavy (non-hydrogen) atoms. The summed E-state index contributed by atoms with van der Waals surface area (Å²) in [7, 11) is 0. The van der Waals surface area contributed by atoms with E-state index in [0.717, 1.165) is 16.7 Å². The van der Waals surface area contributed by atoms with Crippen LogP contribution in [0.5, 0.6) is 0 Å². The van der Waals surface area contributed by atoms with E-state index < -0.39 is 5.56 Å². The third-order valence-corrected chi connectivity index (χ3v) is 2.06. The van der Waals surface area contributed by atoms with Gasteiger partial charge in [-0.15, -0.1) is 0 Å². The van der Waals surface area contributed by atoms with Crippen molar-refractivity contribution in [2.75, 3.05) is 0 Å². The Balaban J connectivity index is 2.46. The van der Waals surface area contributed by atoms with E-state index in [-0.39, 0.29) is 5.30 Å². The monoisotopic (exact) mass is 216 g/mol. The first-order valence-corrected chi connectivity index (χ1v) is 5.01. The van der Waals surface area contributed by atoms with Gasteiger partial charge in [0.15, 0.2) is 5.56 Å². The first-order chi connectivity index (χ1) is 6.18. The molecule has 1 rings (SSSR count). The molecule has 0 radical (unpaired) electrons. The second-order valence-corrected chi connectivity index (χ2v) is 3.95. The fraction of sp³-hybridized carbons (Fsp3) is 0.222. The predicted octanol–water partition coefficient (Wildman–Crippen LogP) is 3.50. The molecule has 0 aliphatic heterocycles. The van der Waals surface area contributed by atoms with Gasteiger partial charge in [-0.3, -0.25) is 0 Å². The minimum absolute atomic E-state index is 0.381. The van der Waals surface area contributed by atoms with E-state index in [1.807, 2.05) is 30.3 Å². The zero-order valence-electron chi connectivity index (χ0n) is 7.07. The van der Waals surface area contributed by atoms with Gasteiger partial charge < -0.3 is 4.74 Å². The Hall–Kier alpha value is -0.670. The van der Waals surface area contributed by atoms with Crippen LogP contribution in [0.3, 0.4) is 0 Å². The molecule has 0 saturated carbocycles. The van der Waals surface area contributed by atoms with Gasteiger partial charge in [0, 0.05) is 4.90 Å². The second-order valence-electron chi connectivity index (χ2n) is 2.33. The van der Waals surface area contributed by atoms with Gasteiger partial charge in [0.25, 0.3) is 0 Å².